The molecule has 0 unspecified atom stereocenters. The minimum Gasteiger partial charge on any atom is -0.311 e. The van der Waals surface area contributed by atoms with Gasteiger partial charge in [-0.25, -0.2) is 0 Å². The minimum absolute atomic E-state index is 0.866. The molecule has 1 fully saturated rings. The highest BCUT2D eigenvalue weighted by Gasteiger charge is 2.14. The minimum atomic E-state index is 0.866. The van der Waals surface area contributed by atoms with Crippen molar-refractivity contribution in [1.82, 2.24) is 20.4 Å². The summed E-state index contributed by atoms with van der Waals surface area (Å²) in [5.41, 5.74) is 3.56. The second kappa shape index (κ2) is 7.56. The van der Waals surface area contributed by atoms with Gasteiger partial charge in [0.05, 0.1) is 11.9 Å². The van der Waals surface area contributed by atoms with Crippen molar-refractivity contribution in [3.63, 3.8) is 0 Å². The number of benzene rings is 1. The Bertz CT molecular complexity index is 555. The van der Waals surface area contributed by atoms with Gasteiger partial charge in [-0.05, 0) is 37.4 Å². The number of hydrogen-bond acceptors (Lipinski definition) is 3. The molecule has 118 valence electrons. The first-order valence-electron chi connectivity index (χ1n) is 8.33. The molecule has 1 aromatic carbocycles. The number of H-pyrrole nitrogens is 1. The molecule has 1 aliphatic rings. The van der Waals surface area contributed by atoms with Crippen molar-refractivity contribution in [1.29, 1.82) is 0 Å². The van der Waals surface area contributed by atoms with Gasteiger partial charge in [0, 0.05) is 25.2 Å². The van der Waals surface area contributed by atoms with Crippen LogP contribution in [0.5, 0.6) is 0 Å². The summed E-state index contributed by atoms with van der Waals surface area (Å²) in [6.45, 7) is 7.91. The first-order valence-corrected chi connectivity index (χ1v) is 8.33. The smallest absolute Gasteiger partial charge is 0.0695 e. The van der Waals surface area contributed by atoms with E-state index in [2.05, 4.69) is 51.6 Å². The van der Waals surface area contributed by atoms with E-state index < -0.39 is 0 Å². The van der Waals surface area contributed by atoms with E-state index in [1.165, 1.54) is 37.1 Å². The van der Waals surface area contributed by atoms with Gasteiger partial charge < -0.3 is 10.2 Å². The Morgan fingerprint density at radius 3 is 2.77 bits per heavy atom. The molecule has 2 N–H and O–H groups in total. The second-order valence-corrected chi connectivity index (χ2v) is 6.34. The topological polar surface area (TPSA) is 44.0 Å². The van der Waals surface area contributed by atoms with Gasteiger partial charge >= 0.3 is 0 Å². The molecule has 0 saturated carbocycles. The van der Waals surface area contributed by atoms with Gasteiger partial charge in [-0.15, -0.1) is 0 Å². The highest BCUT2D eigenvalue weighted by molar-refractivity contribution is 5.62. The molecular formula is C18H26N4. The van der Waals surface area contributed by atoms with Gasteiger partial charge in [0.2, 0.25) is 0 Å². The quantitative estimate of drug-likeness (QED) is 0.806. The fraction of sp³-hybridized carbons (Fsp3) is 0.500. The molecule has 0 spiro atoms. The van der Waals surface area contributed by atoms with Crippen LogP contribution < -0.4 is 5.32 Å². The lowest BCUT2D eigenvalue weighted by Crippen LogP contribution is -2.37. The summed E-state index contributed by atoms with van der Waals surface area (Å²) in [5, 5.41) is 10.9. The molecule has 0 amide bonds. The van der Waals surface area contributed by atoms with Crippen molar-refractivity contribution >= 4 is 0 Å². The maximum absolute atomic E-state index is 4.20. The van der Waals surface area contributed by atoms with E-state index in [0.717, 1.165) is 31.2 Å². The van der Waals surface area contributed by atoms with E-state index in [1.54, 1.807) is 0 Å². The number of piperidine rings is 1. The molecule has 3 rings (SSSR count). The Labute approximate surface area is 132 Å². The van der Waals surface area contributed by atoms with E-state index in [9.17, 15) is 0 Å². The lowest BCUT2D eigenvalue weighted by molar-refractivity contribution is 0.193. The molecule has 1 aromatic heterocycles. The molecule has 0 atom stereocenters. The predicted octanol–water partition coefficient (Wildman–Crippen LogP) is 2.90. The zero-order valence-electron chi connectivity index (χ0n) is 13.4. The van der Waals surface area contributed by atoms with Gasteiger partial charge in [0.25, 0.3) is 0 Å². The molecular weight excluding hydrogens is 272 g/mol. The Balaban J connectivity index is 1.46. The third kappa shape index (κ3) is 3.96. The van der Waals surface area contributed by atoms with Crippen molar-refractivity contribution in [2.75, 3.05) is 26.2 Å². The number of nitrogens with zero attached hydrogens (tertiary/aromatic N) is 2. The largest absolute Gasteiger partial charge is 0.311 e. The SMILES string of the molecule is CC1CCN(CCNCc2cn[nH]c2-c2ccccc2)CC1. The van der Waals surface area contributed by atoms with Crippen LogP contribution in [0.25, 0.3) is 11.3 Å². The van der Waals surface area contributed by atoms with Crippen LogP contribution in [0, 0.1) is 5.92 Å². The van der Waals surface area contributed by atoms with Crippen LogP contribution in [-0.2, 0) is 6.54 Å². The number of aromatic amines is 1. The highest BCUT2D eigenvalue weighted by Crippen LogP contribution is 2.20. The van der Waals surface area contributed by atoms with Crippen LogP contribution in [-0.4, -0.2) is 41.3 Å². The third-order valence-corrected chi connectivity index (χ3v) is 4.58. The summed E-state index contributed by atoms with van der Waals surface area (Å²) in [5.74, 6) is 0.906. The van der Waals surface area contributed by atoms with Crippen LogP contribution in [0.3, 0.4) is 0 Å². The number of hydrogen-bond donors (Lipinski definition) is 2. The summed E-state index contributed by atoms with van der Waals surface area (Å²) in [6, 6.07) is 10.4. The van der Waals surface area contributed by atoms with Crippen molar-refractivity contribution in [3.05, 3.63) is 42.1 Å². The Kier molecular flexibility index (Phi) is 5.24. The van der Waals surface area contributed by atoms with Gasteiger partial charge in [0.15, 0.2) is 0 Å². The second-order valence-electron chi connectivity index (χ2n) is 6.34. The fourth-order valence-electron chi connectivity index (χ4n) is 3.05. The molecule has 0 radical (unpaired) electrons. The molecule has 1 aliphatic heterocycles. The van der Waals surface area contributed by atoms with Crippen LogP contribution >= 0.6 is 0 Å². The maximum atomic E-state index is 4.20. The van der Waals surface area contributed by atoms with E-state index in [1.807, 2.05) is 12.3 Å². The average molecular weight is 298 g/mol. The van der Waals surface area contributed by atoms with Gasteiger partial charge in [-0.2, -0.15) is 5.10 Å². The third-order valence-electron chi connectivity index (χ3n) is 4.58. The molecule has 2 heterocycles. The van der Waals surface area contributed by atoms with Gasteiger partial charge in [-0.3, -0.25) is 5.10 Å². The first-order chi connectivity index (χ1) is 10.8. The van der Waals surface area contributed by atoms with E-state index in [-0.39, 0.29) is 0 Å². The average Bonchev–Trinajstić information content (AvgIpc) is 3.02. The van der Waals surface area contributed by atoms with Crippen LogP contribution in [0.15, 0.2) is 36.5 Å². The number of aromatic nitrogens is 2. The van der Waals surface area contributed by atoms with Crippen LogP contribution in [0.2, 0.25) is 0 Å². The van der Waals surface area contributed by atoms with Crippen molar-refractivity contribution in [3.8, 4) is 11.3 Å². The van der Waals surface area contributed by atoms with E-state index >= 15 is 0 Å². The van der Waals surface area contributed by atoms with Crippen molar-refractivity contribution < 1.29 is 0 Å². The molecule has 2 aromatic rings. The Morgan fingerprint density at radius 1 is 1.23 bits per heavy atom. The molecule has 4 heteroatoms. The summed E-state index contributed by atoms with van der Waals surface area (Å²) >= 11 is 0. The number of nitrogens with one attached hydrogen (secondary N) is 2. The zero-order chi connectivity index (χ0) is 15.2. The molecule has 1 saturated heterocycles. The summed E-state index contributed by atoms with van der Waals surface area (Å²) in [4.78, 5) is 2.57. The zero-order valence-corrected chi connectivity index (χ0v) is 13.4. The fourth-order valence-corrected chi connectivity index (χ4v) is 3.05. The van der Waals surface area contributed by atoms with Crippen molar-refractivity contribution in [2.24, 2.45) is 5.92 Å². The summed E-state index contributed by atoms with van der Waals surface area (Å²) < 4.78 is 0. The normalized spacial score (nSPS) is 17.0. The summed E-state index contributed by atoms with van der Waals surface area (Å²) in [7, 11) is 0. The van der Waals surface area contributed by atoms with Crippen molar-refractivity contribution in [2.45, 2.75) is 26.3 Å². The van der Waals surface area contributed by atoms with Crippen LogP contribution in [0.4, 0.5) is 0 Å². The number of rotatable bonds is 6. The lowest BCUT2D eigenvalue weighted by Gasteiger charge is -2.30. The molecule has 0 aliphatic carbocycles. The van der Waals surface area contributed by atoms with E-state index in [4.69, 9.17) is 0 Å². The van der Waals surface area contributed by atoms with Gasteiger partial charge in [-0.1, -0.05) is 37.3 Å². The summed E-state index contributed by atoms with van der Waals surface area (Å²) in [6.07, 6.45) is 4.62. The van der Waals surface area contributed by atoms with Gasteiger partial charge in [0.1, 0.15) is 0 Å². The molecule has 4 nitrogen and oxygen atoms in total. The molecule has 0 bridgehead atoms. The van der Waals surface area contributed by atoms with Crippen LogP contribution in [0.1, 0.15) is 25.3 Å². The first kappa shape index (κ1) is 15.3. The maximum Gasteiger partial charge on any atom is 0.0695 e. The Hall–Kier alpha value is -1.65. The Morgan fingerprint density at radius 2 is 2.00 bits per heavy atom. The molecule has 22 heavy (non-hydrogen) atoms. The monoisotopic (exact) mass is 298 g/mol. The highest BCUT2D eigenvalue weighted by atomic mass is 15.1. The standard InChI is InChI=1S/C18H26N4/c1-15-7-10-22(11-8-15)12-9-19-13-17-14-20-21-18(17)16-5-3-2-4-6-16/h2-6,14-15,19H,7-13H2,1H3,(H,20,21). The lowest BCUT2D eigenvalue weighted by atomic mass is 9.99. The predicted molar refractivity (Wildman–Crippen MR) is 90.6 cm³/mol. The number of likely N-dealkylation sites (tertiary alicyclic amines) is 1. The van der Waals surface area contributed by atoms with E-state index in [0.29, 0.717) is 0 Å².